The molecule has 0 radical (unpaired) electrons. The van der Waals surface area contributed by atoms with Crippen LogP contribution in [0.4, 0.5) is 13.2 Å². The van der Waals surface area contributed by atoms with Crippen molar-refractivity contribution in [2.45, 2.75) is 72.4 Å². The molecule has 3 rings (SSSR count). The van der Waals surface area contributed by atoms with Crippen LogP contribution in [0.15, 0.2) is 91.5 Å². The van der Waals surface area contributed by atoms with Gasteiger partial charge in [0.1, 0.15) is 0 Å². The van der Waals surface area contributed by atoms with E-state index in [1.54, 1.807) is 0 Å². The van der Waals surface area contributed by atoms with Gasteiger partial charge in [0.15, 0.2) is 0 Å². The smallest absolute Gasteiger partial charge is 0.337 e. The lowest BCUT2D eigenvalue weighted by atomic mass is 9.38. The summed E-state index contributed by atoms with van der Waals surface area (Å²) in [6.45, 7) is 10.5. The molecular formula is C31H42BF3N2. The highest BCUT2D eigenvalue weighted by molar-refractivity contribution is 6.85. The number of imidazole rings is 1. The van der Waals surface area contributed by atoms with Crippen LogP contribution in [0.1, 0.15) is 53.4 Å². The zero-order chi connectivity index (χ0) is 27.1. The number of aromatic nitrogens is 2. The van der Waals surface area contributed by atoms with E-state index < -0.39 is 6.18 Å². The first-order valence-electron chi connectivity index (χ1n) is 13.5. The van der Waals surface area contributed by atoms with Gasteiger partial charge in [-0.1, -0.05) is 118 Å². The molecule has 3 aromatic rings. The molecule has 0 amide bonds. The van der Waals surface area contributed by atoms with Gasteiger partial charge < -0.3 is 4.57 Å². The molecule has 0 aliphatic heterocycles. The third-order valence-electron chi connectivity index (χ3n) is 6.55. The van der Waals surface area contributed by atoms with Gasteiger partial charge in [0, 0.05) is 25.0 Å². The van der Waals surface area contributed by atoms with Crippen LogP contribution in [0.5, 0.6) is 0 Å². The third-order valence-corrected chi connectivity index (χ3v) is 6.55. The summed E-state index contributed by atoms with van der Waals surface area (Å²) in [7, 11) is 0. The zero-order valence-electron chi connectivity index (χ0n) is 22.7. The minimum absolute atomic E-state index is 0.116. The van der Waals surface area contributed by atoms with Crippen LogP contribution in [0.25, 0.3) is 0 Å². The summed E-state index contributed by atoms with van der Waals surface area (Å²) in [5.74, 6) is 2.46. The topological polar surface area (TPSA) is 17.8 Å². The number of allylic oxidation sites excluding steroid dienone is 2. The molecule has 2 aromatic carbocycles. The number of rotatable bonds is 12. The Morgan fingerprint density at radius 2 is 1.51 bits per heavy atom. The molecule has 37 heavy (non-hydrogen) atoms. The molecule has 0 saturated carbocycles. The Morgan fingerprint density at radius 1 is 0.919 bits per heavy atom. The van der Waals surface area contributed by atoms with E-state index in [9.17, 15) is 13.2 Å². The predicted molar refractivity (Wildman–Crippen MR) is 152 cm³/mol. The second-order valence-corrected chi connectivity index (χ2v) is 10.4. The summed E-state index contributed by atoms with van der Waals surface area (Å²) in [6, 6.07) is 19.8. The van der Waals surface area contributed by atoms with Crippen molar-refractivity contribution in [3.63, 3.8) is 0 Å². The zero-order valence-corrected chi connectivity index (χ0v) is 22.7. The van der Waals surface area contributed by atoms with Gasteiger partial charge in [0.25, 0.3) is 0 Å². The van der Waals surface area contributed by atoms with Gasteiger partial charge in [-0.05, 0) is 37.0 Å². The molecule has 2 atom stereocenters. The monoisotopic (exact) mass is 510 g/mol. The van der Waals surface area contributed by atoms with Crippen molar-refractivity contribution < 1.29 is 13.2 Å². The van der Waals surface area contributed by atoms with Crippen LogP contribution in [0.3, 0.4) is 0 Å². The molecule has 2 unspecified atom stereocenters. The highest BCUT2D eigenvalue weighted by atomic mass is 19.4. The predicted octanol–water partition coefficient (Wildman–Crippen LogP) is 7.79. The first kappa shape index (κ1) is 30.5. The molecule has 2 nitrogen and oxygen atoms in total. The Kier molecular flexibility index (Phi) is 13.3. The molecule has 0 aliphatic rings. The largest absolute Gasteiger partial charge is 0.409 e. The lowest BCUT2D eigenvalue weighted by Gasteiger charge is -2.21. The van der Waals surface area contributed by atoms with E-state index in [0.717, 1.165) is 35.2 Å². The summed E-state index contributed by atoms with van der Waals surface area (Å²) in [5.41, 5.74) is 2.26. The van der Waals surface area contributed by atoms with Crippen molar-refractivity contribution in [3.8, 4) is 0 Å². The van der Waals surface area contributed by atoms with Crippen molar-refractivity contribution in [1.82, 2.24) is 9.55 Å². The van der Waals surface area contributed by atoms with Gasteiger partial charge in [-0.15, -0.1) is 0 Å². The average molecular weight is 510 g/mol. The van der Waals surface area contributed by atoms with Crippen LogP contribution >= 0.6 is 0 Å². The van der Waals surface area contributed by atoms with Crippen LogP contribution in [0, 0.1) is 17.8 Å². The average Bonchev–Trinajstić information content (AvgIpc) is 3.37. The minimum atomic E-state index is -4.23. The van der Waals surface area contributed by atoms with Crippen molar-refractivity contribution in [1.29, 1.82) is 0 Å². The van der Waals surface area contributed by atoms with Gasteiger partial charge >= 0.3 is 6.18 Å². The number of hydrogen-bond donors (Lipinski definition) is 0. The van der Waals surface area contributed by atoms with Crippen molar-refractivity contribution in [2.24, 2.45) is 17.8 Å². The van der Waals surface area contributed by atoms with Crippen LogP contribution in [-0.4, -0.2) is 22.4 Å². The maximum Gasteiger partial charge on any atom is 0.409 e. The second kappa shape index (κ2) is 16.2. The summed E-state index contributed by atoms with van der Waals surface area (Å²) in [4.78, 5) is 4.10. The second-order valence-electron chi connectivity index (χ2n) is 10.4. The molecule has 0 aliphatic carbocycles. The van der Waals surface area contributed by atoms with Crippen molar-refractivity contribution in [3.05, 3.63) is 91.5 Å². The lowest BCUT2D eigenvalue weighted by Crippen LogP contribution is -2.41. The molecule has 6 heteroatoms. The van der Waals surface area contributed by atoms with Gasteiger partial charge in [-0.3, -0.25) is 0 Å². The normalized spacial score (nSPS) is 13.3. The first-order chi connectivity index (χ1) is 17.7. The Balaban J connectivity index is 0.000000271. The van der Waals surface area contributed by atoms with Crippen molar-refractivity contribution in [2.75, 3.05) is 0 Å². The maximum absolute atomic E-state index is 12.1. The molecule has 0 spiro atoms. The Hall–Kier alpha value is -2.76. The standard InChI is InChI=1S/C17H16BF3.C14H26N2/c19-17(20,21)13-7-8-14-18(15-9-3-1-4-10-15)16-11-5-2-6-12-16;1-5-14(9-13(4)8-12(2)3)10-16-7-6-15-11-16/h1-7,9-13H,8,14H2;6-7,11-14H,5,8-10H2,1-4H3. The number of nitrogens with zero attached hydrogens (tertiary/aromatic N) is 2. The van der Waals surface area contributed by atoms with E-state index >= 15 is 0 Å². The molecule has 0 bridgehead atoms. The number of alkyl halides is 3. The molecule has 1 aromatic heterocycles. The van der Waals surface area contributed by atoms with Gasteiger partial charge in [-0.25, -0.2) is 4.98 Å². The molecule has 0 N–H and O–H groups in total. The summed E-state index contributed by atoms with van der Waals surface area (Å²) >= 11 is 0. The number of hydrogen-bond acceptors (Lipinski definition) is 1. The van der Waals surface area contributed by atoms with Gasteiger partial charge in [-0.2, -0.15) is 13.2 Å². The summed E-state index contributed by atoms with van der Waals surface area (Å²) < 4.78 is 38.6. The first-order valence-corrected chi connectivity index (χ1v) is 13.5. The lowest BCUT2D eigenvalue weighted by molar-refractivity contribution is -0.0800. The highest BCUT2D eigenvalue weighted by Gasteiger charge is 2.22. The van der Waals surface area contributed by atoms with Crippen molar-refractivity contribution >= 4 is 17.6 Å². The van der Waals surface area contributed by atoms with E-state index in [1.807, 2.05) is 73.2 Å². The summed E-state index contributed by atoms with van der Waals surface area (Å²) in [5, 5.41) is 0. The van der Waals surface area contributed by atoms with Crippen LogP contribution < -0.4 is 10.9 Å². The Bertz CT molecular complexity index is 947. The van der Waals surface area contributed by atoms with E-state index in [4.69, 9.17) is 0 Å². The molecule has 1 heterocycles. The minimum Gasteiger partial charge on any atom is -0.337 e. The van der Waals surface area contributed by atoms with Crippen LogP contribution in [-0.2, 0) is 6.54 Å². The fourth-order valence-electron chi connectivity index (χ4n) is 4.91. The Labute approximate surface area is 222 Å². The SMILES string of the molecule is CCC(CC(C)CC(C)C)Cn1ccnc1.FC(F)(F)C=CCCB(c1ccccc1)c1ccccc1. The molecule has 200 valence electrons. The highest BCUT2D eigenvalue weighted by Crippen LogP contribution is 2.23. The quantitative estimate of drug-likeness (QED) is 0.180. The van der Waals surface area contributed by atoms with Crippen LogP contribution in [0.2, 0.25) is 6.32 Å². The summed E-state index contributed by atoms with van der Waals surface area (Å²) in [6.07, 6.45) is 8.16. The van der Waals surface area contributed by atoms with E-state index in [-0.39, 0.29) is 6.71 Å². The van der Waals surface area contributed by atoms with E-state index in [2.05, 4.69) is 43.4 Å². The number of benzene rings is 2. The number of halogens is 3. The van der Waals surface area contributed by atoms with Gasteiger partial charge in [0.05, 0.1) is 6.33 Å². The molecular weight excluding hydrogens is 468 g/mol. The fraction of sp³-hybridized carbons (Fsp3) is 0.452. The fourth-order valence-corrected chi connectivity index (χ4v) is 4.91. The van der Waals surface area contributed by atoms with E-state index in [1.165, 1.54) is 25.3 Å². The maximum atomic E-state index is 12.1. The third kappa shape index (κ3) is 12.9. The molecule has 0 fully saturated rings. The Morgan fingerprint density at radius 3 is 1.97 bits per heavy atom. The molecule has 0 saturated heterocycles. The van der Waals surface area contributed by atoms with Gasteiger partial charge in [0.2, 0.25) is 6.71 Å². The van der Waals surface area contributed by atoms with E-state index in [0.29, 0.717) is 18.8 Å².